The number of carbonyl (C=O) groups is 1. The van der Waals surface area contributed by atoms with Gasteiger partial charge in [-0.05, 0) is 37.1 Å². The van der Waals surface area contributed by atoms with Gasteiger partial charge in [-0.25, -0.2) is 0 Å². The normalized spacial score (nSPS) is 17.7. The van der Waals surface area contributed by atoms with E-state index < -0.39 is 0 Å². The van der Waals surface area contributed by atoms with Crippen molar-refractivity contribution in [3.8, 4) is 17.1 Å². The Labute approximate surface area is 146 Å². The molecular formula is C18H21N3O2S. The Bertz CT molecular complexity index is 724. The van der Waals surface area contributed by atoms with Crippen LogP contribution in [-0.4, -0.2) is 32.9 Å². The van der Waals surface area contributed by atoms with Crippen molar-refractivity contribution in [1.82, 2.24) is 14.8 Å². The number of allylic oxidation sites excluding steroid dienone is 1. The monoisotopic (exact) mass is 343 g/mol. The Hall–Kier alpha value is -2.08. The van der Waals surface area contributed by atoms with Gasteiger partial charge < -0.3 is 4.74 Å². The molecule has 0 bridgehead atoms. The molecule has 1 aliphatic carbocycles. The Balaban J connectivity index is 1.88. The molecule has 0 amide bonds. The zero-order chi connectivity index (χ0) is 16.9. The van der Waals surface area contributed by atoms with Gasteiger partial charge in [0.05, 0.1) is 12.4 Å². The van der Waals surface area contributed by atoms with Crippen molar-refractivity contribution in [3.05, 3.63) is 36.9 Å². The number of hydrogen-bond donors (Lipinski definition) is 0. The molecule has 0 spiro atoms. The van der Waals surface area contributed by atoms with Crippen LogP contribution in [0, 0.1) is 0 Å². The predicted octanol–water partition coefficient (Wildman–Crippen LogP) is 3.74. The highest BCUT2D eigenvalue weighted by molar-refractivity contribution is 8.00. The maximum atomic E-state index is 12.1. The third kappa shape index (κ3) is 3.53. The summed E-state index contributed by atoms with van der Waals surface area (Å²) in [7, 11) is 1.64. The first-order valence-corrected chi connectivity index (χ1v) is 8.98. The van der Waals surface area contributed by atoms with Gasteiger partial charge in [0.15, 0.2) is 11.0 Å². The quantitative estimate of drug-likeness (QED) is 0.748. The second-order valence-electron chi connectivity index (χ2n) is 5.75. The molecular weight excluding hydrogens is 322 g/mol. The van der Waals surface area contributed by atoms with E-state index >= 15 is 0 Å². The summed E-state index contributed by atoms with van der Waals surface area (Å²) in [6, 6.07) is 7.73. The van der Waals surface area contributed by atoms with Gasteiger partial charge in [0.2, 0.25) is 0 Å². The average molecular weight is 343 g/mol. The van der Waals surface area contributed by atoms with E-state index in [-0.39, 0.29) is 5.25 Å². The summed E-state index contributed by atoms with van der Waals surface area (Å²) in [5, 5.41) is 9.44. The molecule has 0 saturated heterocycles. The van der Waals surface area contributed by atoms with Crippen molar-refractivity contribution in [2.75, 3.05) is 7.11 Å². The van der Waals surface area contributed by atoms with E-state index in [1.54, 1.807) is 7.11 Å². The van der Waals surface area contributed by atoms with Crippen LogP contribution in [0.1, 0.15) is 25.7 Å². The van der Waals surface area contributed by atoms with Crippen LogP contribution >= 0.6 is 11.8 Å². The van der Waals surface area contributed by atoms with E-state index in [0.29, 0.717) is 18.7 Å². The minimum atomic E-state index is -0.00441. The largest absolute Gasteiger partial charge is 0.497 e. The summed E-state index contributed by atoms with van der Waals surface area (Å²) < 4.78 is 7.21. The van der Waals surface area contributed by atoms with E-state index in [0.717, 1.165) is 41.6 Å². The molecule has 1 fully saturated rings. The lowest BCUT2D eigenvalue weighted by molar-refractivity contribution is -0.119. The van der Waals surface area contributed by atoms with Gasteiger partial charge in [-0.1, -0.05) is 24.3 Å². The van der Waals surface area contributed by atoms with Gasteiger partial charge in [-0.3, -0.25) is 9.36 Å². The summed E-state index contributed by atoms with van der Waals surface area (Å²) in [4.78, 5) is 12.1. The van der Waals surface area contributed by atoms with Crippen LogP contribution in [0.4, 0.5) is 0 Å². The van der Waals surface area contributed by atoms with Crippen LogP contribution < -0.4 is 4.74 Å². The lowest BCUT2D eigenvalue weighted by Gasteiger charge is -2.19. The highest BCUT2D eigenvalue weighted by Gasteiger charge is 2.26. The Morgan fingerprint density at radius 3 is 2.79 bits per heavy atom. The second-order valence-corrected chi connectivity index (χ2v) is 6.92. The number of carbonyl (C=O) groups excluding carboxylic acids is 1. The first kappa shape index (κ1) is 16.8. The first-order valence-electron chi connectivity index (χ1n) is 8.11. The number of thioether (sulfide) groups is 1. The third-order valence-corrected chi connectivity index (χ3v) is 5.42. The Morgan fingerprint density at radius 1 is 1.33 bits per heavy atom. The number of ketones is 1. The fourth-order valence-corrected chi connectivity index (χ4v) is 3.99. The summed E-state index contributed by atoms with van der Waals surface area (Å²) in [6.07, 6.45) is 5.53. The molecule has 24 heavy (non-hydrogen) atoms. The zero-order valence-corrected chi connectivity index (χ0v) is 14.6. The number of aromatic nitrogens is 3. The number of benzene rings is 1. The Kier molecular flexibility index (Phi) is 5.35. The van der Waals surface area contributed by atoms with Crippen LogP contribution in [0.5, 0.6) is 5.75 Å². The van der Waals surface area contributed by atoms with Crippen LogP contribution in [0.2, 0.25) is 0 Å². The zero-order valence-electron chi connectivity index (χ0n) is 13.8. The molecule has 0 unspecified atom stereocenters. The van der Waals surface area contributed by atoms with Gasteiger partial charge in [0.1, 0.15) is 11.5 Å². The standard InChI is InChI=1S/C18H21N3O2S/c1-3-12-21-17(13-8-10-14(23-2)11-9-13)19-20-18(21)24-16-7-5-4-6-15(16)22/h3,8-11,16H,1,4-7,12H2,2H3/t16-/m0/s1. The maximum Gasteiger partial charge on any atom is 0.192 e. The van der Waals surface area contributed by atoms with Crippen LogP contribution in [0.3, 0.4) is 0 Å². The van der Waals surface area contributed by atoms with E-state index in [9.17, 15) is 4.79 Å². The molecule has 1 aromatic carbocycles. The minimum Gasteiger partial charge on any atom is -0.497 e. The fraction of sp³-hybridized carbons (Fsp3) is 0.389. The molecule has 1 aromatic heterocycles. The van der Waals surface area contributed by atoms with Gasteiger partial charge >= 0.3 is 0 Å². The molecule has 0 aliphatic heterocycles. The molecule has 1 atom stereocenters. The molecule has 5 nitrogen and oxygen atoms in total. The molecule has 0 N–H and O–H groups in total. The van der Waals surface area contributed by atoms with Crippen LogP contribution in [0.15, 0.2) is 42.1 Å². The number of hydrogen-bond acceptors (Lipinski definition) is 5. The molecule has 0 radical (unpaired) electrons. The third-order valence-electron chi connectivity index (χ3n) is 4.12. The minimum absolute atomic E-state index is 0.00441. The SMILES string of the molecule is C=CCn1c(S[C@H]2CCCCC2=O)nnc1-c1ccc(OC)cc1. The Morgan fingerprint density at radius 2 is 2.12 bits per heavy atom. The number of nitrogens with zero attached hydrogens (tertiary/aromatic N) is 3. The van der Waals surface area contributed by atoms with Crippen molar-refractivity contribution in [2.24, 2.45) is 0 Å². The lowest BCUT2D eigenvalue weighted by Crippen LogP contribution is -2.21. The van der Waals surface area contributed by atoms with E-state index in [1.807, 2.05) is 34.9 Å². The first-order chi connectivity index (χ1) is 11.7. The number of ether oxygens (including phenoxy) is 1. The van der Waals surface area contributed by atoms with E-state index in [1.165, 1.54) is 11.8 Å². The van der Waals surface area contributed by atoms with Gasteiger partial charge in [0.25, 0.3) is 0 Å². The molecule has 1 aliphatic rings. The van der Waals surface area contributed by atoms with Crippen molar-refractivity contribution in [2.45, 2.75) is 42.6 Å². The topological polar surface area (TPSA) is 57.0 Å². The summed E-state index contributed by atoms with van der Waals surface area (Å²) >= 11 is 1.53. The van der Waals surface area contributed by atoms with Crippen LogP contribution in [0.25, 0.3) is 11.4 Å². The summed E-state index contributed by atoms with van der Waals surface area (Å²) in [5.41, 5.74) is 0.965. The summed E-state index contributed by atoms with van der Waals surface area (Å²) in [6.45, 7) is 4.44. The van der Waals surface area contributed by atoms with Crippen molar-refractivity contribution in [3.63, 3.8) is 0 Å². The number of rotatable bonds is 6. The predicted molar refractivity (Wildman–Crippen MR) is 95.3 cm³/mol. The fourth-order valence-electron chi connectivity index (χ4n) is 2.83. The van der Waals surface area contributed by atoms with Crippen molar-refractivity contribution >= 4 is 17.5 Å². The molecule has 1 heterocycles. The number of methoxy groups -OCH3 is 1. The molecule has 6 heteroatoms. The van der Waals surface area contributed by atoms with Gasteiger partial charge in [0, 0.05) is 18.5 Å². The molecule has 2 aromatic rings. The number of Topliss-reactive ketones (excluding diaryl/α,β-unsaturated/α-hetero) is 1. The highest BCUT2D eigenvalue weighted by atomic mass is 32.2. The van der Waals surface area contributed by atoms with E-state index in [2.05, 4.69) is 16.8 Å². The highest BCUT2D eigenvalue weighted by Crippen LogP contribution is 2.33. The average Bonchev–Trinajstić information content (AvgIpc) is 3.00. The lowest BCUT2D eigenvalue weighted by atomic mass is 9.99. The second kappa shape index (κ2) is 7.66. The van der Waals surface area contributed by atoms with Gasteiger partial charge in [-0.2, -0.15) is 0 Å². The van der Waals surface area contributed by atoms with Gasteiger partial charge in [-0.15, -0.1) is 16.8 Å². The van der Waals surface area contributed by atoms with Crippen molar-refractivity contribution in [1.29, 1.82) is 0 Å². The molecule has 1 saturated carbocycles. The van der Waals surface area contributed by atoms with Crippen LogP contribution in [-0.2, 0) is 11.3 Å². The molecule has 3 rings (SSSR count). The molecule has 126 valence electrons. The maximum absolute atomic E-state index is 12.1. The van der Waals surface area contributed by atoms with E-state index in [4.69, 9.17) is 4.74 Å². The van der Waals surface area contributed by atoms with Crippen molar-refractivity contribution < 1.29 is 9.53 Å². The smallest absolute Gasteiger partial charge is 0.192 e. The summed E-state index contributed by atoms with van der Waals surface area (Å²) in [5.74, 6) is 1.91.